The summed E-state index contributed by atoms with van der Waals surface area (Å²) in [5, 5.41) is 14.3. The monoisotopic (exact) mass is 302 g/mol. The van der Waals surface area contributed by atoms with Crippen LogP contribution in [0.2, 0.25) is 0 Å². The van der Waals surface area contributed by atoms with Crippen molar-refractivity contribution >= 4 is 23.7 Å². The molecule has 1 rings (SSSR count). The fourth-order valence-electron chi connectivity index (χ4n) is 1.31. The number of ether oxygens (including phenoxy) is 1. The molecule has 0 aliphatic rings. The highest BCUT2D eigenvalue weighted by Gasteiger charge is 2.11. The lowest BCUT2D eigenvalue weighted by molar-refractivity contribution is -0.117. The number of nitrogens with zero attached hydrogens (tertiary/aromatic N) is 2. The first kappa shape index (κ1) is 16.5. The second-order valence-corrected chi connectivity index (χ2v) is 4.78. The van der Waals surface area contributed by atoms with E-state index < -0.39 is 11.9 Å². The number of urea groups is 1. The average Bonchev–Trinajstić information content (AvgIpc) is 2.77. The van der Waals surface area contributed by atoms with Crippen molar-refractivity contribution in [2.75, 3.05) is 26.0 Å². The highest BCUT2D eigenvalue weighted by Crippen LogP contribution is 2.16. The molecule has 112 valence electrons. The molecule has 0 unspecified atom stereocenters. The van der Waals surface area contributed by atoms with Gasteiger partial charge in [-0.15, -0.1) is 0 Å². The number of methoxy groups -OCH3 is 1. The zero-order valence-electron chi connectivity index (χ0n) is 11.4. The van der Waals surface area contributed by atoms with E-state index in [0.29, 0.717) is 24.0 Å². The largest absolute Gasteiger partial charge is 0.390 e. The van der Waals surface area contributed by atoms with E-state index in [1.807, 2.05) is 0 Å². The average molecular weight is 302 g/mol. The third-order valence-corrected chi connectivity index (χ3v) is 3.42. The van der Waals surface area contributed by atoms with E-state index in [4.69, 9.17) is 9.84 Å². The second-order valence-electron chi connectivity index (χ2n) is 3.83. The summed E-state index contributed by atoms with van der Waals surface area (Å²) in [5.41, 5.74) is 0.658. The Balaban J connectivity index is 2.32. The number of amides is 3. The van der Waals surface area contributed by atoms with E-state index in [2.05, 4.69) is 15.6 Å². The molecule has 3 N–H and O–H groups in total. The zero-order chi connectivity index (χ0) is 15.0. The number of thioether (sulfide) groups is 1. The summed E-state index contributed by atoms with van der Waals surface area (Å²) in [6.45, 7) is 0.605. The van der Waals surface area contributed by atoms with Gasteiger partial charge in [0.2, 0.25) is 5.91 Å². The standard InChI is InChI=1S/C11H18N4O4S/c1-15-8(6-16)5-13-11(15)20-7-9(17)14-10(18)12-3-4-19-2/h5,16H,3-4,6-7H2,1-2H3,(H2,12,14,17,18). The summed E-state index contributed by atoms with van der Waals surface area (Å²) >= 11 is 1.19. The molecule has 20 heavy (non-hydrogen) atoms. The molecule has 9 heteroatoms. The van der Waals surface area contributed by atoms with Crippen LogP contribution in [-0.4, -0.2) is 52.6 Å². The number of rotatable bonds is 7. The Hall–Kier alpha value is -1.58. The summed E-state index contributed by atoms with van der Waals surface area (Å²) < 4.78 is 6.46. The van der Waals surface area contributed by atoms with Crippen molar-refractivity contribution in [2.45, 2.75) is 11.8 Å². The van der Waals surface area contributed by atoms with Crippen molar-refractivity contribution in [3.63, 3.8) is 0 Å². The summed E-state index contributed by atoms with van der Waals surface area (Å²) in [7, 11) is 3.27. The van der Waals surface area contributed by atoms with Crippen LogP contribution >= 0.6 is 11.8 Å². The number of aliphatic hydroxyl groups excluding tert-OH is 1. The molecule has 0 bridgehead atoms. The predicted molar refractivity (Wildman–Crippen MR) is 73.3 cm³/mol. The van der Waals surface area contributed by atoms with Crippen molar-refractivity contribution in [1.29, 1.82) is 0 Å². The van der Waals surface area contributed by atoms with Crippen LogP contribution in [0.25, 0.3) is 0 Å². The molecule has 3 amide bonds. The minimum Gasteiger partial charge on any atom is -0.390 e. The summed E-state index contributed by atoms with van der Waals surface area (Å²) in [5.74, 6) is -0.355. The van der Waals surface area contributed by atoms with E-state index in [1.54, 1.807) is 11.6 Å². The molecule has 1 aromatic rings. The number of carbonyl (C=O) groups is 2. The molecule has 0 atom stereocenters. The number of imide groups is 1. The summed E-state index contributed by atoms with van der Waals surface area (Å²) in [6, 6.07) is -0.552. The molecule has 1 aromatic heterocycles. The summed E-state index contributed by atoms with van der Waals surface area (Å²) in [4.78, 5) is 26.9. The van der Waals surface area contributed by atoms with Crippen LogP contribution in [0.5, 0.6) is 0 Å². The Labute approximate surface area is 120 Å². The molecule has 0 fully saturated rings. The van der Waals surface area contributed by atoms with Crippen LogP contribution in [0, 0.1) is 0 Å². The first-order valence-electron chi connectivity index (χ1n) is 5.89. The number of aliphatic hydroxyl groups is 1. The molecular weight excluding hydrogens is 284 g/mol. The topological polar surface area (TPSA) is 105 Å². The van der Waals surface area contributed by atoms with Crippen LogP contribution in [0.4, 0.5) is 4.79 Å². The Morgan fingerprint density at radius 3 is 2.90 bits per heavy atom. The van der Waals surface area contributed by atoms with Gasteiger partial charge in [-0.1, -0.05) is 11.8 Å². The zero-order valence-corrected chi connectivity index (χ0v) is 12.2. The number of hydrogen-bond donors (Lipinski definition) is 3. The van der Waals surface area contributed by atoms with Gasteiger partial charge >= 0.3 is 6.03 Å². The quantitative estimate of drug-likeness (QED) is 0.462. The lowest BCUT2D eigenvalue weighted by Crippen LogP contribution is -2.41. The molecule has 8 nitrogen and oxygen atoms in total. The van der Waals surface area contributed by atoms with Gasteiger partial charge in [0.25, 0.3) is 0 Å². The Morgan fingerprint density at radius 2 is 2.30 bits per heavy atom. The fourth-order valence-corrected chi connectivity index (χ4v) is 2.08. The van der Waals surface area contributed by atoms with Crippen LogP contribution in [0.3, 0.4) is 0 Å². The third kappa shape index (κ3) is 5.19. The lowest BCUT2D eigenvalue weighted by atomic mass is 10.5. The van der Waals surface area contributed by atoms with Gasteiger partial charge in [0.1, 0.15) is 0 Å². The maximum atomic E-state index is 11.5. The normalized spacial score (nSPS) is 10.3. The van der Waals surface area contributed by atoms with Crippen molar-refractivity contribution < 1.29 is 19.4 Å². The molecule has 0 radical (unpaired) electrons. The maximum Gasteiger partial charge on any atom is 0.321 e. The molecule has 0 aliphatic heterocycles. The minimum atomic E-state index is -0.552. The van der Waals surface area contributed by atoms with Gasteiger partial charge in [0.05, 0.1) is 30.9 Å². The van der Waals surface area contributed by atoms with Gasteiger partial charge in [-0.2, -0.15) is 0 Å². The highest BCUT2D eigenvalue weighted by atomic mass is 32.2. The van der Waals surface area contributed by atoms with Gasteiger partial charge in [-0.3, -0.25) is 10.1 Å². The Bertz CT molecular complexity index is 463. The van der Waals surface area contributed by atoms with E-state index in [9.17, 15) is 9.59 Å². The SMILES string of the molecule is COCCNC(=O)NC(=O)CSc1ncc(CO)n1C. The number of nitrogens with one attached hydrogen (secondary N) is 2. The third-order valence-electron chi connectivity index (χ3n) is 2.38. The molecule has 1 heterocycles. The Morgan fingerprint density at radius 1 is 1.55 bits per heavy atom. The smallest absolute Gasteiger partial charge is 0.321 e. The summed E-state index contributed by atoms with van der Waals surface area (Å²) in [6.07, 6.45) is 1.54. The van der Waals surface area contributed by atoms with Gasteiger partial charge < -0.3 is 19.7 Å². The Kier molecular flexibility index (Phi) is 7.05. The lowest BCUT2D eigenvalue weighted by Gasteiger charge is -2.06. The first-order valence-corrected chi connectivity index (χ1v) is 6.88. The van der Waals surface area contributed by atoms with E-state index >= 15 is 0 Å². The molecule has 0 aliphatic carbocycles. The van der Waals surface area contributed by atoms with Crippen molar-refractivity contribution in [3.05, 3.63) is 11.9 Å². The fraction of sp³-hybridized carbons (Fsp3) is 0.545. The van der Waals surface area contributed by atoms with Crippen molar-refractivity contribution in [3.8, 4) is 0 Å². The number of carbonyl (C=O) groups excluding carboxylic acids is 2. The number of hydrogen-bond acceptors (Lipinski definition) is 6. The van der Waals surface area contributed by atoms with Gasteiger partial charge in [0, 0.05) is 20.7 Å². The van der Waals surface area contributed by atoms with Gasteiger partial charge in [-0.05, 0) is 0 Å². The van der Waals surface area contributed by atoms with Crippen molar-refractivity contribution in [1.82, 2.24) is 20.2 Å². The number of imidazole rings is 1. The van der Waals surface area contributed by atoms with E-state index in [1.165, 1.54) is 25.1 Å². The van der Waals surface area contributed by atoms with E-state index in [0.717, 1.165) is 0 Å². The van der Waals surface area contributed by atoms with Crippen LogP contribution in [0.15, 0.2) is 11.4 Å². The first-order chi connectivity index (χ1) is 9.58. The molecule has 0 saturated carbocycles. The van der Waals surface area contributed by atoms with Crippen LogP contribution in [-0.2, 0) is 23.2 Å². The van der Waals surface area contributed by atoms with Crippen LogP contribution in [0.1, 0.15) is 5.69 Å². The second kappa shape index (κ2) is 8.56. The minimum absolute atomic E-state index is 0.0629. The molecular formula is C11H18N4O4S. The molecule has 0 saturated heterocycles. The van der Waals surface area contributed by atoms with Gasteiger partial charge in [-0.25, -0.2) is 9.78 Å². The van der Waals surface area contributed by atoms with Crippen LogP contribution < -0.4 is 10.6 Å². The molecule has 0 aromatic carbocycles. The maximum absolute atomic E-state index is 11.5. The predicted octanol–water partition coefficient (Wildman–Crippen LogP) is -0.523. The van der Waals surface area contributed by atoms with Gasteiger partial charge in [0.15, 0.2) is 5.16 Å². The van der Waals surface area contributed by atoms with E-state index in [-0.39, 0.29) is 12.4 Å². The number of aromatic nitrogens is 2. The highest BCUT2D eigenvalue weighted by molar-refractivity contribution is 7.99. The van der Waals surface area contributed by atoms with Crippen molar-refractivity contribution in [2.24, 2.45) is 7.05 Å². The molecule has 0 spiro atoms.